The largest absolute Gasteiger partial charge is 0.495 e. The summed E-state index contributed by atoms with van der Waals surface area (Å²) in [6, 6.07) is 14.4. The number of halogens is 1. The number of nitriles is 1. The van der Waals surface area contributed by atoms with Crippen molar-refractivity contribution in [1.82, 2.24) is 25.1 Å². The zero-order valence-electron chi connectivity index (χ0n) is 20.0. The molecule has 2 aromatic heterocycles. The van der Waals surface area contributed by atoms with Crippen molar-refractivity contribution >= 4 is 29.1 Å². The number of aromatic nitrogens is 4. The molecule has 0 atom stereocenters. The normalized spacial score (nSPS) is 10.7. The van der Waals surface area contributed by atoms with Gasteiger partial charge in [0.2, 0.25) is 5.95 Å². The molecule has 0 unspecified atom stereocenters. The summed E-state index contributed by atoms with van der Waals surface area (Å²) < 4.78 is 7.33. The third-order valence-corrected chi connectivity index (χ3v) is 5.67. The van der Waals surface area contributed by atoms with Crippen molar-refractivity contribution in [3.8, 4) is 23.1 Å². The van der Waals surface area contributed by atoms with E-state index in [0.29, 0.717) is 45.8 Å². The van der Waals surface area contributed by atoms with Gasteiger partial charge in [-0.2, -0.15) is 10.4 Å². The first-order valence-electron chi connectivity index (χ1n) is 11.2. The van der Waals surface area contributed by atoms with Crippen LogP contribution in [-0.4, -0.2) is 32.8 Å². The molecule has 0 saturated carbocycles. The molecule has 2 heterocycles. The van der Waals surface area contributed by atoms with E-state index in [1.165, 1.54) is 13.3 Å². The highest BCUT2D eigenvalue weighted by molar-refractivity contribution is 6.32. The molecule has 4 aromatic rings. The lowest BCUT2D eigenvalue weighted by molar-refractivity contribution is 0.0950. The Bertz CT molecular complexity index is 1430. The van der Waals surface area contributed by atoms with Gasteiger partial charge in [-0.05, 0) is 49.7 Å². The van der Waals surface area contributed by atoms with Gasteiger partial charge in [0.1, 0.15) is 5.75 Å². The van der Waals surface area contributed by atoms with Crippen LogP contribution in [0.5, 0.6) is 5.75 Å². The number of amides is 1. The number of benzene rings is 2. The second-order valence-electron chi connectivity index (χ2n) is 8.22. The number of hydrogen-bond acceptors (Lipinski definition) is 7. The number of methoxy groups -OCH3 is 1. The Kier molecular flexibility index (Phi) is 7.47. The molecule has 36 heavy (non-hydrogen) atoms. The van der Waals surface area contributed by atoms with Crippen LogP contribution in [0.15, 0.2) is 61.1 Å². The standard InChI is InChI=1S/C26H24ClN7O2/c1-16(2)34-15-20(13-31-34)24-21(27)14-30-26(33-24)32-22-9-8-19(10-23(22)36-3)25(35)29-12-18-6-4-17(11-28)5-7-18/h4-10,13-16H,12H2,1-3H3,(H,29,35)(H,30,32,33). The highest BCUT2D eigenvalue weighted by atomic mass is 35.5. The summed E-state index contributed by atoms with van der Waals surface area (Å²) in [7, 11) is 1.52. The zero-order valence-corrected chi connectivity index (χ0v) is 20.7. The van der Waals surface area contributed by atoms with E-state index in [4.69, 9.17) is 21.6 Å². The minimum absolute atomic E-state index is 0.209. The van der Waals surface area contributed by atoms with Crippen LogP contribution in [0.1, 0.15) is 41.4 Å². The van der Waals surface area contributed by atoms with Gasteiger partial charge in [-0.15, -0.1) is 0 Å². The van der Waals surface area contributed by atoms with E-state index in [1.807, 2.05) is 24.7 Å². The molecule has 182 valence electrons. The fraction of sp³-hybridized carbons (Fsp3) is 0.192. The van der Waals surface area contributed by atoms with Gasteiger partial charge in [-0.1, -0.05) is 23.7 Å². The first-order chi connectivity index (χ1) is 17.4. The fourth-order valence-electron chi connectivity index (χ4n) is 3.41. The van der Waals surface area contributed by atoms with Crippen molar-refractivity contribution in [2.45, 2.75) is 26.4 Å². The van der Waals surface area contributed by atoms with E-state index >= 15 is 0 Å². The predicted octanol–water partition coefficient (Wildman–Crippen LogP) is 5.13. The van der Waals surface area contributed by atoms with Crippen LogP contribution in [0.3, 0.4) is 0 Å². The minimum Gasteiger partial charge on any atom is -0.495 e. The molecule has 0 aliphatic rings. The lowest BCUT2D eigenvalue weighted by atomic mass is 10.1. The Morgan fingerprint density at radius 2 is 1.97 bits per heavy atom. The lowest BCUT2D eigenvalue weighted by Crippen LogP contribution is -2.22. The van der Waals surface area contributed by atoms with Gasteiger partial charge < -0.3 is 15.4 Å². The van der Waals surface area contributed by atoms with E-state index in [2.05, 4.69) is 31.8 Å². The van der Waals surface area contributed by atoms with Crippen LogP contribution in [0.4, 0.5) is 11.6 Å². The summed E-state index contributed by atoms with van der Waals surface area (Å²) in [5, 5.41) is 19.7. The van der Waals surface area contributed by atoms with E-state index in [9.17, 15) is 4.79 Å². The number of anilines is 2. The molecule has 0 bridgehead atoms. The molecule has 9 nitrogen and oxygen atoms in total. The van der Waals surface area contributed by atoms with Crippen molar-refractivity contribution in [2.24, 2.45) is 0 Å². The van der Waals surface area contributed by atoms with Crippen LogP contribution in [0, 0.1) is 11.3 Å². The van der Waals surface area contributed by atoms with Crippen molar-refractivity contribution in [2.75, 3.05) is 12.4 Å². The Labute approximate surface area is 213 Å². The minimum atomic E-state index is -0.253. The van der Waals surface area contributed by atoms with Crippen LogP contribution < -0.4 is 15.4 Å². The molecular weight excluding hydrogens is 478 g/mol. The SMILES string of the molecule is COc1cc(C(=O)NCc2ccc(C#N)cc2)ccc1Nc1ncc(Cl)c(-c2cnn(C(C)C)c2)n1. The Balaban J connectivity index is 1.49. The Morgan fingerprint density at radius 1 is 1.19 bits per heavy atom. The summed E-state index contributed by atoms with van der Waals surface area (Å²) in [6.45, 7) is 4.41. The molecule has 0 spiro atoms. The predicted molar refractivity (Wildman–Crippen MR) is 137 cm³/mol. The third kappa shape index (κ3) is 5.62. The Morgan fingerprint density at radius 3 is 2.64 bits per heavy atom. The molecule has 4 rings (SSSR count). The number of hydrogen-bond donors (Lipinski definition) is 2. The number of nitrogens with zero attached hydrogens (tertiary/aromatic N) is 5. The Hall–Kier alpha value is -4.42. The molecule has 10 heteroatoms. The highest BCUT2D eigenvalue weighted by Gasteiger charge is 2.14. The van der Waals surface area contributed by atoms with Gasteiger partial charge in [-0.25, -0.2) is 9.97 Å². The number of carbonyl (C=O) groups excluding carboxylic acids is 1. The van der Waals surface area contributed by atoms with Crippen LogP contribution >= 0.6 is 11.6 Å². The number of rotatable bonds is 8. The zero-order chi connectivity index (χ0) is 25.7. The van der Waals surface area contributed by atoms with E-state index in [1.54, 1.807) is 48.7 Å². The maximum atomic E-state index is 12.7. The summed E-state index contributed by atoms with van der Waals surface area (Å²) in [5.41, 5.74) is 3.82. The van der Waals surface area contributed by atoms with E-state index in [0.717, 1.165) is 11.1 Å². The van der Waals surface area contributed by atoms with Crippen molar-refractivity contribution in [1.29, 1.82) is 5.26 Å². The summed E-state index contributed by atoms with van der Waals surface area (Å²) in [6.07, 6.45) is 5.12. The van der Waals surface area contributed by atoms with Crippen molar-refractivity contribution in [3.63, 3.8) is 0 Å². The third-order valence-electron chi connectivity index (χ3n) is 5.39. The van der Waals surface area contributed by atoms with E-state index < -0.39 is 0 Å². The topological polar surface area (TPSA) is 118 Å². The van der Waals surface area contributed by atoms with Gasteiger partial charge in [0.05, 0.1) is 47.5 Å². The fourth-order valence-corrected chi connectivity index (χ4v) is 3.61. The molecule has 0 fully saturated rings. The number of nitrogens with one attached hydrogen (secondary N) is 2. The van der Waals surface area contributed by atoms with Crippen LogP contribution in [0.2, 0.25) is 5.02 Å². The van der Waals surface area contributed by atoms with Crippen LogP contribution in [0.25, 0.3) is 11.3 Å². The van der Waals surface area contributed by atoms with Crippen LogP contribution in [-0.2, 0) is 6.54 Å². The monoisotopic (exact) mass is 501 g/mol. The molecule has 2 N–H and O–H groups in total. The molecule has 2 aromatic carbocycles. The van der Waals surface area contributed by atoms with Gasteiger partial charge >= 0.3 is 0 Å². The lowest BCUT2D eigenvalue weighted by Gasteiger charge is -2.13. The first-order valence-corrected chi connectivity index (χ1v) is 11.5. The van der Waals surface area contributed by atoms with Gasteiger partial charge in [-0.3, -0.25) is 9.48 Å². The van der Waals surface area contributed by atoms with Crippen molar-refractivity contribution in [3.05, 3.63) is 82.8 Å². The maximum absolute atomic E-state index is 12.7. The molecule has 0 saturated heterocycles. The number of carbonyl (C=O) groups is 1. The molecule has 0 radical (unpaired) electrons. The average Bonchev–Trinajstić information content (AvgIpc) is 3.39. The molecule has 1 amide bonds. The second-order valence-corrected chi connectivity index (χ2v) is 8.63. The summed E-state index contributed by atoms with van der Waals surface area (Å²) in [4.78, 5) is 21.5. The summed E-state index contributed by atoms with van der Waals surface area (Å²) >= 11 is 6.35. The molecular formula is C26H24ClN7O2. The maximum Gasteiger partial charge on any atom is 0.251 e. The first kappa shape index (κ1) is 24.7. The smallest absolute Gasteiger partial charge is 0.251 e. The highest BCUT2D eigenvalue weighted by Crippen LogP contribution is 2.30. The summed E-state index contributed by atoms with van der Waals surface area (Å²) in [5.74, 6) is 0.521. The second kappa shape index (κ2) is 10.9. The van der Waals surface area contributed by atoms with Crippen molar-refractivity contribution < 1.29 is 9.53 Å². The molecule has 0 aliphatic carbocycles. The van der Waals surface area contributed by atoms with E-state index in [-0.39, 0.29) is 11.9 Å². The molecule has 0 aliphatic heterocycles. The van der Waals surface area contributed by atoms with Gasteiger partial charge in [0.15, 0.2) is 0 Å². The van der Waals surface area contributed by atoms with Gasteiger partial charge in [0.25, 0.3) is 5.91 Å². The quantitative estimate of drug-likeness (QED) is 0.343. The average molecular weight is 502 g/mol. The van der Waals surface area contributed by atoms with Gasteiger partial charge in [0, 0.05) is 29.9 Å². The number of ether oxygens (including phenoxy) is 1.